The first-order chi connectivity index (χ1) is 12.0. The number of aliphatic hydroxyl groups is 1. The molecule has 0 radical (unpaired) electrons. The van der Waals surface area contributed by atoms with Gasteiger partial charge in [0.2, 0.25) is 5.88 Å². The van der Waals surface area contributed by atoms with Crippen LogP contribution in [0.25, 0.3) is 0 Å². The summed E-state index contributed by atoms with van der Waals surface area (Å²) in [6, 6.07) is 8.26. The number of aliphatic hydroxyl groups excluding tert-OH is 1. The first-order valence-corrected chi connectivity index (χ1v) is 8.27. The topological polar surface area (TPSA) is 91.7 Å². The number of hydrogen-bond donors (Lipinski definition) is 3. The number of carbonyl (C=O) groups is 1. The number of phenols is 1. The van der Waals surface area contributed by atoms with Crippen molar-refractivity contribution in [2.45, 2.75) is 31.9 Å². The molecular weight excluding hydrogens is 320 g/mol. The van der Waals surface area contributed by atoms with Crippen LogP contribution < -0.4 is 10.1 Å². The number of pyridine rings is 1. The van der Waals surface area contributed by atoms with Gasteiger partial charge in [0.25, 0.3) is 5.91 Å². The summed E-state index contributed by atoms with van der Waals surface area (Å²) in [5.41, 5.74) is 1.84. The molecule has 6 nitrogen and oxygen atoms in total. The number of carbonyl (C=O) groups excluding carboxylic acids is 1. The number of aromatic hydroxyl groups is 1. The highest BCUT2D eigenvalue weighted by molar-refractivity contribution is 5.96. The van der Waals surface area contributed by atoms with E-state index in [1.807, 2.05) is 6.07 Å². The third kappa shape index (κ3) is 3.58. The molecule has 1 aromatic heterocycles. The van der Waals surface area contributed by atoms with Gasteiger partial charge in [-0.15, -0.1) is 0 Å². The number of methoxy groups -OCH3 is 1. The monoisotopic (exact) mass is 342 g/mol. The molecule has 132 valence electrons. The molecule has 1 aromatic carbocycles. The Bertz CT molecular complexity index is 755. The Morgan fingerprint density at radius 3 is 2.68 bits per heavy atom. The molecule has 1 fully saturated rings. The first kappa shape index (κ1) is 17.2. The Morgan fingerprint density at radius 2 is 2.08 bits per heavy atom. The van der Waals surface area contributed by atoms with Crippen LogP contribution >= 0.6 is 0 Å². The predicted molar refractivity (Wildman–Crippen MR) is 92.6 cm³/mol. The maximum absolute atomic E-state index is 12.7. The van der Waals surface area contributed by atoms with Crippen LogP contribution in [0.2, 0.25) is 0 Å². The number of hydrogen-bond acceptors (Lipinski definition) is 5. The summed E-state index contributed by atoms with van der Waals surface area (Å²) in [6.07, 6.45) is 2.63. The number of nitrogens with zero attached hydrogens (tertiary/aromatic N) is 1. The Balaban J connectivity index is 1.84. The fraction of sp³-hybridized carbons (Fsp3) is 0.368. The van der Waals surface area contributed by atoms with Crippen LogP contribution in [0.15, 0.2) is 36.5 Å². The summed E-state index contributed by atoms with van der Waals surface area (Å²) >= 11 is 0. The van der Waals surface area contributed by atoms with E-state index in [0.717, 1.165) is 5.56 Å². The molecule has 0 saturated heterocycles. The molecule has 0 unspecified atom stereocenters. The lowest BCUT2D eigenvalue weighted by Crippen LogP contribution is -2.41. The van der Waals surface area contributed by atoms with Crippen molar-refractivity contribution in [3.05, 3.63) is 53.2 Å². The Labute approximate surface area is 146 Å². The zero-order valence-corrected chi connectivity index (χ0v) is 14.3. The molecule has 1 aliphatic rings. The van der Waals surface area contributed by atoms with Crippen molar-refractivity contribution in [1.29, 1.82) is 0 Å². The van der Waals surface area contributed by atoms with E-state index in [4.69, 9.17) is 4.74 Å². The SMILES string of the molecule is COc1ccc([C@@H](NC(=O)c2cccc(O)c2C)C2CC(O)C2)cn1. The minimum absolute atomic E-state index is 0.0920. The number of benzene rings is 1. The number of ether oxygens (including phenoxy) is 1. The summed E-state index contributed by atoms with van der Waals surface area (Å²) in [7, 11) is 1.55. The van der Waals surface area contributed by atoms with Gasteiger partial charge in [0.05, 0.1) is 19.3 Å². The van der Waals surface area contributed by atoms with Crippen molar-refractivity contribution in [3.63, 3.8) is 0 Å². The minimum Gasteiger partial charge on any atom is -0.508 e. The molecular formula is C19H22N2O4. The van der Waals surface area contributed by atoms with E-state index in [2.05, 4.69) is 10.3 Å². The summed E-state index contributed by atoms with van der Waals surface area (Å²) in [6.45, 7) is 1.71. The van der Waals surface area contributed by atoms with Gasteiger partial charge in [0.15, 0.2) is 0 Å². The van der Waals surface area contributed by atoms with Crippen molar-refractivity contribution in [1.82, 2.24) is 10.3 Å². The summed E-state index contributed by atoms with van der Waals surface area (Å²) in [4.78, 5) is 16.9. The second-order valence-electron chi connectivity index (χ2n) is 6.42. The highest BCUT2D eigenvalue weighted by Gasteiger charge is 2.36. The molecule has 2 aromatic rings. The molecule has 1 amide bonds. The molecule has 3 N–H and O–H groups in total. The molecule has 1 aliphatic carbocycles. The van der Waals surface area contributed by atoms with Gasteiger partial charge in [-0.05, 0) is 43.4 Å². The van der Waals surface area contributed by atoms with E-state index in [1.54, 1.807) is 44.5 Å². The van der Waals surface area contributed by atoms with Crippen molar-refractivity contribution in [2.24, 2.45) is 5.92 Å². The van der Waals surface area contributed by atoms with Crippen LogP contribution in [-0.4, -0.2) is 34.3 Å². The number of nitrogens with one attached hydrogen (secondary N) is 1. The van der Waals surface area contributed by atoms with E-state index < -0.39 is 0 Å². The average Bonchev–Trinajstić information content (AvgIpc) is 2.59. The van der Waals surface area contributed by atoms with Crippen molar-refractivity contribution >= 4 is 5.91 Å². The lowest BCUT2D eigenvalue weighted by Gasteiger charge is -2.38. The van der Waals surface area contributed by atoms with E-state index in [1.165, 1.54) is 0 Å². The van der Waals surface area contributed by atoms with Crippen molar-refractivity contribution < 1.29 is 19.7 Å². The smallest absolute Gasteiger partial charge is 0.252 e. The maximum Gasteiger partial charge on any atom is 0.252 e. The zero-order chi connectivity index (χ0) is 18.0. The molecule has 1 saturated carbocycles. The molecule has 1 atom stereocenters. The number of aromatic nitrogens is 1. The van der Waals surface area contributed by atoms with Gasteiger partial charge in [-0.25, -0.2) is 4.98 Å². The third-order valence-corrected chi connectivity index (χ3v) is 4.78. The lowest BCUT2D eigenvalue weighted by atomic mass is 9.75. The Morgan fingerprint density at radius 1 is 1.32 bits per heavy atom. The standard InChI is InChI=1S/C19H22N2O4/c1-11-15(4-3-5-16(11)23)19(24)21-18(13-8-14(22)9-13)12-6-7-17(25-2)20-10-12/h3-7,10,13-14,18,22-23H,8-9H2,1-2H3,(H,21,24)/t13?,14?,18-/m1/s1. The normalized spacial score (nSPS) is 20.4. The zero-order valence-electron chi connectivity index (χ0n) is 14.3. The average molecular weight is 342 g/mol. The fourth-order valence-electron chi connectivity index (χ4n) is 3.16. The molecule has 6 heteroatoms. The quantitative estimate of drug-likeness (QED) is 0.776. The summed E-state index contributed by atoms with van der Waals surface area (Å²) < 4.78 is 5.08. The van der Waals surface area contributed by atoms with Crippen molar-refractivity contribution in [2.75, 3.05) is 7.11 Å². The predicted octanol–water partition coefficient (Wildman–Crippen LogP) is 2.35. The van der Waals surface area contributed by atoms with Crippen LogP contribution in [0.5, 0.6) is 11.6 Å². The molecule has 25 heavy (non-hydrogen) atoms. The van der Waals surface area contributed by atoms with Gasteiger partial charge >= 0.3 is 0 Å². The van der Waals surface area contributed by atoms with E-state index in [-0.39, 0.29) is 29.7 Å². The number of rotatable bonds is 5. The Hall–Kier alpha value is -2.60. The van der Waals surface area contributed by atoms with Crippen LogP contribution in [0, 0.1) is 12.8 Å². The van der Waals surface area contributed by atoms with Gasteiger partial charge in [0, 0.05) is 23.4 Å². The van der Waals surface area contributed by atoms with E-state index >= 15 is 0 Å². The minimum atomic E-state index is -0.321. The third-order valence-electron chi connectivity index (χ3n) is 4.78. The second-order valence-corrected chi connectivity index (χ2v) is 6.42. The maximum atomic E-state index is 12.7. The largest absolute Gasteiger partial charge is 0.508 e. The Kier molecular flexibility index (Phi) is 4.90. The van der Waals surface area contributed by atoms with Gasteiger partial charge in [-0.2, -0.15) is 0 Å². The number of amides is 1. The lowest BCUT2D eigenvalue weighted by molar-refractivity contribution is 0.0234. The first-order valence-electron chi connectivity index (χ1n) is 8.27. The summed E-state index contributed by atoms with van der Waals surface area (Å²) in [5, 5.41) is 22.5. The highest BCUT2D eigenvalue weighted by Crippen LogP contribution is 2.38. The van der Waals surface area contributed by atoms with E-state index in [9.17, 15) is 15.0 Å². The second kappa shape index (κ2) is 7.11. The van der Waals surface area contributed by atoms with Gasteiger partial charge < -0.3 is 20.3 Å². The van der Waals surface area contributed by atoms with Gasteiger partial charge in [0.1, 0.15) is 5.75 Å². The molecule has 0 bridgehead atoms. The van der Waals surface area contributed by atoms with Crippen LogP contribution in [0.3, 0.4) is 0 Å². The van der Waals surface area contributed by atoms with E-state index in [0.29, 0.717) is 29.8 Å². The fourth-order valence-corrected chi connectivity index (χ4v) is 3.16. The molecule has 0 spiro atoms. The highest BCUT2D eigenvalue weighted by atomic mass is 16.5. The van der Waals surface area contributed by atoms with Crippen LogP contribution in [-0.2, 0) is 0 Å². The molecule has 3 rings (SSSR count). The van der Waals surface area contributed by atoms with Crippen LogP contribution in [0.4, 0.5) is 0 Å². The van der Waals surface area contributed by atoms with Gasteiger partial charge in [-0.1, -0.05) is 12.1 Å². The van der Waals surface area contributed by atoms with Crippen LogP contribution in [0.1, 0.15) is 40.4 Å². The summed E-state index contributed by atoms with van der Waals surface area (Å²) in [5.74, 6) is 0.489. The molecule has 1 heterocycles. The number of phenolic OH excluding ortho intramolecular Hbond substituents is 1. The van der Waals surface area contributed by atoms with Crippen molar-refractivity contribution in [3.8, 4) is 11.6 Å². The van der Waals surface area contributed by atoms with Gasteiger partial charge in [-0.3, -0.25) is 4.79 Å². The molecule has 0 aliphatic heterocycles.